The number of methoxy groups -OCH3 is 1. The van der Waals surface area contributed by atoms with Crippen LogP contribution in [0.1, 0.15) is 15.9 Å². The van der Waals surface area contributed by atoms with Crippen molar-refractivity contribution in [3.8, 4) is 5.75 Å². The molecule has 2 aromatic rings. The van der Waals surface area contributed by atoms with E-state index >= 15 is 0 Å². The van der Waals surface area contributed by atoms with Crippen LogP contribution in [0.4, 0.5) is 4.39 Å². The first-order valence-corrected chi connectivity index (χ1v) is 5.75. The maximum atomic E-state index is 13.3. The summed E-state index contributed by atoms with van der Waals surface area (Å²) in [6, 6.07) is 13.0. The molecule has 0 saturated carbocycles. The molecule has 3 nitrogen and oxygen atoms in total. The van der Waals surface area contributed by atoms with E-state index in [2.05, 4.69) is 4.74 Å². The molecule has 0 atom stereocenters. The molecule has 19 heavy (non-hydrogen) atoms. The predicted octanol–water partition coefficient (Wildman–Crippen LogP) is 3.19. The molecule has 0 unspecified atom stereocenters. The Morgan fingerprint density at radius 2 is 1.79 bits per heavy atom. The molecule has 0 radical (unpaired) electrons. The number of halogens is 1. The molecule has 0 aliphatic rings. The van der Waals surface area contributed by atoms with E-state index in [-0.39, 0.29) is 18.3 Å². The van der Waals surface area contributed by atoms with Crippen LogP contribution in [0.25, 0.3) is 0 Å². The van der Waals surface area contributed by atoms with E-state index in [1.54, 1.807) is 42.5 Å². The largest absolute Gasteiger partial charge is 0.486 e. The van der Waals surface area contributed by atoms with Gasteiger partial charge in [0.2, 0.25) is 0 Å². The first-order chi connectivity index (χ1) is 9.20. The van der Waals surface area contributed by atoms with Crippen molar-refractivity contribution in [3.63, 3.8) is 0 Å². The number of para-hydroxylation sites is 1. The van der Waals surface area contributed by atoms with E-state index < -0.39 is 5.82 Å². The molecule has 0 aromatic heterocycles. The summed E-state index contributed by atoms with van der Waals surface area (Å²) in [5.41, 5.74) is 1.31. The lowest BCUT2D eigenvalue weighted by Gasteiger charge is -2.07. The molecule has 0 bridgehead atoms. The monoisotopic (exact) mass is 260 g/mol. The van der Waals surface area contributed by atoms with Crippen molar-refractivity contribution in [2.45, 2.75) is 6.61 Å². The number of rotatable bonds is 4. The lowest BCUT2D eigenvalue weighted by Crippen LogP contribution is -2.02. The van der Waals surface area contributed by atoms with Crippen molar-refractivity contribution in [2.24, 2.45) is 0 Å². The van der Waals surface area contributed by atoms with Crippen molar-refractivity contribution in [1.82, 2.24) is 0 Å². The summed E-state index contributed by atoms with van der Waals surface area (Å²) in [5.74, 6) is -0.574. The average Bonchev–Trinajstić information content (AvgIpc) is 2.46. The van der Waals surface area contributed by atoms with Crippen LogP contribution < -0.4 is 4.74 Å². The lowest BCUT2D eigenvalue weighted by molar-refractivity contribution is 0.0600. The van der Waals surface area contributed by atoms with Crippen LogP contribution in [0, 0.1) is 5.82 Å². The zero-order valence-electron chi connectivity index (χ0n) is 10.4. The summed E-state index contributed by atoms with van der Waals surface area (Å²) in [6.45, 7) is 0.238. The Morgan fingerprint density at radius 1 is 1.11 bits per heavy atom. The zero-order chi connectivity index (χ0) is 13.7. The minimum atomic E-state index is -0.395. The van der Waals surface area contributed by atoms with E-state index in [0.29, 0.717) is 5.56 Å². The highest BCUT2D eigenvalue weighted by molar-refractivity contribution is 5.89. The van der Waals surface area contributed by atoms with Gasteiger partial charge < -0.3 is 9.47 Å². The number of ether oxygens (including phenoxy) is 2. The summed E-state index contributed by atoms with van der Waals surface area (Å²) >= 11 is 0. The number of carbonyl (C=O) groups is 1. The first-order valence-electron chi connectivity index (χ1n) is 5.75. The number of hydrogen-bond acceptors (Lipinski definition) is 3. The van der Waals surface area contributed by atoms with Gasteiger partial charge in [-0.15, -0.1) is 0 Å². The predicted molar refractivity (Wildman–Crippen MR) is 68.5 cm³/mol. The first kappa shape index (κ1) is 13.1. The standard InChI is InChI=1S/C15H13FO3/c1-18-15(17)12-8-6-11(7-9-12)10-19-14-5-3-2-4-13(14)16/h2-9H,10H2,1H3. The highest BCUT2D eigenvalue weighted by Crippen LogP contribution is 2.17. The molecule has 0 spiro atoms. The normalized spacial score (nSPS) is 10.0. The summed E-state index contributed by atoms with van der Waals surface area (Å²) in [6.07, 6.45) is 0. The number of benzene rings is 2. The summed E-state index contributed by atoms with van der Waals surface area (Å²) < 4.78 is 23.3. The maximum absolute atomic E-state index is 13.3. The average molecular weight is 260 g/mol. The van der Waals surface area contributed by atoms with Gasteiger partial charge in [0.1, 0.15) is 6.61 Å². The second-order valence-electron chi connectivity index (χ2n) is 3.91. The molecule has 0 N–H and O–H groups in total. The minimum Gasteiger partial charge on any atom is -0.486 e. The fraction of sp³-hybridized carbons (Fsp3) is 0.133. The van der Waals surface area contributed by atoms with Gasteiger partial charge in [-0.05, 0) is 29.8 Å². The van der Waals surface area contributed by atoms with Gasteiger partial charge in [0.15, 0.2) is 11.6 Å². The topological polar surface area (TPSA) is 35.5 Å². The van der Waals surface area contributed by atoms with Gasteiger partial charge in [0, 0.05) is 0 Å². The van der Waals surface area contributed by atoms with E-state index in [9.17, 15) is 9.18 Å². The third-order valence-corrected chi connectivity index (χ3v) is 2.61. The third kappa shape index (κ3) is 3.31. The lowest BCUT2D eigenvalue weighted by atomic mass is 10.1. The van der Waals surface area contributed by atoms with E-state index in [1.165, 1.54) is 13.2 Å². The van der Waals surface area contributed by atoms with Crippen molar-refractivity contribution in [1.29, 1.82) is 0 Å². The Labute approximate surface area is 110 Å². The number of hydrogen-bond donors (Lipinski definition) is 0. The molecule has 0 fully saturated rings. The van der Waals surface area contributed by atoms with Gasteiger partial charge >= 0.3 is 5.97 Å². The summed E-state index contributed by atoms with van der Waals surface area (Å²) in [7, 11) is 1.33. The van der Waals surface area contributed by atoms with Crippen LogP contribution in [0.15, 0.2) is 48.5 Å². The van der Waals surface area contributed by atoms with Crippen LogP contribution in [-0.2, 0) is 11.3 Å². The van der Waals surface area contributed by atoms with Crippen molar-refractivity contribution in [2.75, 3.05) is 7.11 Å². The molecular formula is C15H13FO3. The van der Waals surface area contributed by atoms with Crippen molar-refractivity contribution in [3.05, 3.63) is 65.5 Å². The zero-order valence-corrected chi connectivity index (χ0v) is 10.4. The number of carbonyl (C=O) groups excluding carboxylic acids is 1. The van der Waals surface area contributed by atoms with Crippen LogP contribution in [0.5, 0.6) is 5.75 Å². The molecule has 98 valence electrons. The highest BCUT2D eigenvalue weighted by Gasteiger charge is 2.05. The summed E-state index contributed by atoms with van der Waals surface area (Å²) in [5, 5.41) is 0. The van der Waals surface area contributed by atoms with E-state index in [4.69, 9.17) is 4.74 Å². The fourth-order valence-corrected chi connectivity index (χ4v) is 1.58. The van der Waals surface area contributed by atoms with Gasteiger partial charge in [-0.25, -0.2) is 9.18 Å². The minimum absolute atomic E-state index is 0.208. The van der Waals surface area contributed by atoms with Gasteiger partial charge in [-0.1, -0.05) is 24.3 Å². The molecule has 0 heterocycles. The van der Waals surface area contributed by atoms with Crippen LogP contribution in [-0.4, -0.2) is 13.1 Å². The molecule has 0 aliphatic carbocycles. The van der Waals surface area contributed by atoms with Gasteiger partial charge in [-0.2, -0.15) is 0 Å². The Balaban J connectivity index is 2.01. The van der Waals surface area contributed by atoms with E-state index in [0.717, 1.165) is 5.56 Å². The van der Waals surface area contributed by atoms with Gasteiger partial charge in [0.05, 0.1) is 12.7 Å². The molecule has 0 aliphatic heterocycles. The SMILES string of the molecule is COC(=O)c1ccc(COc2ccccc2F)cc1. The smallest absolute Gasteiger partial charge is 0.337 e. The molecule has 2 aromatic carbocycles. The second kappa shape index (κ2) is 6.00. The Kier molecular flexibility index (Phi) is 4.13. The molecule has 4 heteroatoms. The maximum Gasteiger partial charge on any atom is 0.337 e. The third-order valence-electron chi connectivity index (χ3n) is 2.61. The Hall–Kier alpha value is -2.36. The van der Waals surface area contributed by atoms with Gasteiger partial charge in [0.25, 0.3) is 0 Å². The molecular weight excluding hydrogens is 247 g/mol. The van der Waals surface area contributed by atoms with Crippen molar-refractivity contribution < 1.29 is 18.7 Å². The molecule has 2 rings (SSSR count). The van der Waals surface area contributed by atoms with Crippen molar-refractivity contribution >= 4 is 5.97 Å². The Morgan fingerprint density at radius 3 is 2.42 bits per heavy atom. The van der Waals surface area contributed by atoms with Gasteiger partial charge in [-0.3, -0.25) is 0 Å². The molecule has 0 saturated heterocycles. The quantitative estimate of drug-likeness (QED) is 0.792. The second-order valence-corrected chi connectivity index (χ2v) is 3.91. The fourth-order valence-electron chi connectivity index (χ4n) is 1.58. The van der Waals surface area contributed by atoms with Crippen LogP contribution in [0.2, 0.25) is 0 Å². The Bertz CT molecular complexity index is 564. The number of esters is 1. The van der Waals surface area contributed by atoms with Crippen LogP contribution >= 0.6 is 0 Å². The molecule has 0 amide bonds. The van der Waals surface area contributed by atoms with Crippen LogP contribution in [0.3, 0.4) is 0 Å². The summed E-state index contributed by atoms with van der Waals surface area (Å²) in [4.78, 5) is 11.2. The van der Waals surface area contributed by atoms with E-state index in [1.807, 2.05) is 0 Å². The highest BCUT2D eigenvalue weighted by atomic mass is 19.1.